The molecule has 0 spiro atoms. The molecule has 4 nitrogen and oxygen atoms in total. The lowest BCUT2D eigenvalue weighted by Gasteiger charge is -2.02. The van der Waals surface area contributed by atoms with Gasteiger partial charge in [-0.3, -0.25) is 0 Å². The highest BCUT2D eigenvalue weighted by atomic mass is 16.5. The summed E-state index contributed by atoms with van der Waals surface area (Å²) in [5.41, 5.74) is 1.02. The number of aryl methyl sites for hydroxylation is 1. The van der Waals surface area contributed by atoms with Crippen molar-refractivity contribution in [3.05, 3.63) is 18.0 Å². The molecule has 14 heavy (non-hydrogen) atoms. The first-order valence-electron chi connectivity index (χ1n) is 4.89. The lowest BCUT2D eigenvalue weighted by atomic mass is 10.2. The van der Waals surface area contributed by atoms with Gasteiger partial charge in [-0.15, -0.1) is 0 Å². The number of hydrogen-bond donors (Lipinski definition) is 0. The zero-order chi connectivity index (χ0) is 10.1. The predicted molar refractivity (Wildman–Crippen MR) is 52.1 cm³/mol. The van der Waals surface area contributed by atoms with E-state index in [0.717, 1.165) is 31.6 Å². The van der Waals surface area contributed by atoms with Gasteiger partial charge >= 0.3 is 0 Å². The van der Waals surface area contributed by atoms with Crippen LogP contribution in [-0.4, -0.2) is 32.1 Å². The molecule has 0 fully saturated rings. The van der Waals surface area contributed by atoms with Crippen molar-refractivity contribution in [1.82, 2.24) is 5.16 Å². The molecule has 1 aromatic heterocycles. The van der Waals surface area contributed by atoms with Gasteiger partial charge in [0.25, 0.3) is 0 Å². The molecule has 0 saturated heterocycles. The Labute approximate surface area is 84.2 Å². The van der Waals surface area contributed by atoms with Crippen molar-refractivity contribution in [1.29, 1.82) is 0 Å². The van der Waals surface area contributed by atoms with Crippen molar-refractivity contribution in [3.8, 4) is 0 Å². The van der Waals surface area contributed by atoms with Gasteiger partial charge in [-0.25, -0.2) is 0 Å². The average Bonchev–Trinajstić information content (AvgIpc) is 2.69. The highest BCUT2D eigenvalue weighted by Gasteiger charge is 1.96. The normalized spacial score (nSPS) is 10.6. The van der Waals surface area contributed by atoms with Crippen LogP contribution >= 0.6 is 0 Å². The highest BCUT2D eigenvalue weighted by molar-refractivity contribution is 4.94. The molecule has 0 radical (unpaired) electrons. The number of aromatic nitrogens is 1. The molecule has 80 valence electrons. The van der Waals surface area contributed by atoms with Crippen LogP contribution in [0.25, 0.3) is 0 Å². The molecule has 1 rings (SSSR count). The van der Waals surface area contributed by atoms with Crippen molar-refractivity contribution in [2.24, 2.45) is 0 Å². The number of nitrogens with zero attached hydrogens (tertiary/aromatic N) is 1. The highest BCUT2D eigenvalue weighted by Crippen LogP contribution is 2.01. The zero-order valence-electron chi connectivity index (χ0n) is 8.57. The van der Waals surface area contributed by atoms with Gasteiger partial charge in [-0.1, -0.05) is 5.16 Å². The minimum absolute atomic E-state index is 0.670. The van der Waals surface area contributed by atoms with Crippen LogP contribution < -0.4 is 0 Å². The fourth-order valence-electron chi connectivity index (χ4n) is 1.12. The Balaban J connectivity index is 1.85. The third kappa shape index (κ3) is 4.99. The topological polar surface area (TPSA) is 44.5 Å². The SMILES string of the molecule is COCCOCCCCc1ccon1. The van der Waals surface area contributed by atoms with E-state index < -0.39 is 0 Å². The summed E-state index contributed by atoms with van der Waals surface area (Å²) in [6, 6.07) is 1.89. The number of hydrogen-bond acceptors (Lipinski definition) is 4. The maximum absolute atomic E-state index is 5.32. The summed E-state index contributed by atoms with van der Waals surface area (Å²) in [7, 11) is 1.67. The predicted octanol–water partition coefficient (Wildman–Crippen LogP) is 1.66. The van der Waals surface area contributed by atoms with Crippen molar-refractivity contribution in [2.45, 2.75) is 19.3 Å². The fourth-order valence-corrected chi connectivity index (χ4v) is 1.12. The van der Waals surface area contributed by atoms with Crippen LogP contribution in [0.4, 0.5) is 0 Å². The Bertz CT molecular complexity index is 211. The molecule has 4 heteroatoms. The Morgan fingerprint density at radius 3 is 2.93 bits per heavy atom. The number of rotatable bonds is 8. The molecule has 0 saturated carbocycles. The molecule has 0 unspecified atom stereocenters. The first-order chi connectivity index (χ1) is 6.93. The van der Waals surface area contributed by atoms with E-state index in [1.54, 1.807) is 13.4 Å². The Hall–Kier alpha value is -0.870. The Morgan fingerprint density at radius 2 is 2.21 bits per heavy atom. The molecule has 1 heterocycles. The molecule has 0 bridgehead atoms. The summed E-state index contributed by atoms with van der Waals surface area (Å²) in [6.45, 7) is 2.14. The Morgan fingerprint density at radius 1 is 1.29 bits per heavy atom. The van der Waals surface area contributed by atoms with Crippen LogP contribution in [0.3, 0.4) is 0 Å². The van der Waals surface area contributed by atoms with E-state index in [-0.39, 0.29) is 0 Å². The lowest BCUT2D eigenvalue weighted by Crippen LogP contribution is -2.03. The molecular weight excluding hydrogens is 182 g/mol. The monoisotopic (exact) mass is 199 g/mol. The minimum atomic E-state index is 0.670. The quantitative estimate of drug-likeness (QED) is 0.597. The molecule has 0 aliphatic rings. The van der Waals surface area contributed by atoms with Gasteiger partial charge in [-0.05, 0) is 19.3 Å². The van der Waals surface area contributed by atoms with E-state index in [9.17, 15) is 0 Å². The molecule has 0 amide bonds. The number of ether oxygens (including phenoxy) is 2. The first kappa shape index (κ1) is 11.2. The molecular formula is C10H17NO3. The molecule has 0 aliphatic heterocycles. The summed E-state index contributed by atoms with van der Waals surface area (Å²) in [5, 5.41) is 3.83. The second-order valence-electron chi connectivity index (χ2n) is 3.05. The van der Waals surface area contributed by atoms with E-state index in [1.165, 1.54) is 0 Å². The van der Waals surface area contributed by atoms with Crippen molar-refractivity contribution in [3.63, 3.8) is 0 Å². The van der Waals surface area contributed by atoms with Gasteiger partial charge < -0.3 is 14.0 Å². The summed E-state index contributed by atoms with van der Waals surface area (Å²) < 4.78 is 14.9. The van der Waals surface area contributed by atoms with Gasteiger partial charge in [0.05, 0.1) is 18.9 Å². The molecule has 0 N–H and O–H groups in total. The third-order valence-electron chi connectivity index (χ3n) is 1.89. The lowest BCUT2D eigenvalue weighted by molar-refractivity contribution is 0.0688. The van der Waals surface area contributed by atoms with Gasteiger partial charge in [-0.2, -0.15) is 0 Å². The molecule has 0 aromatic carbocycles. The number of unbranched alkanes of at least 4 members (excludes halogenated alkanes) is 1. The molecule has 0 aliphatic carbocycles. The smallest absolute Gasteiger partial charge is 0.124 e. The molecule has 0 atom stereocenters. The minimum Gasteiger partial charge on any atom is -0.382 e. The second kappa shape index (κ2) is 7.53. The average molecular weight is 199 g/mol. The van der Waals surface area contributed by atoms with E-state index in [4.69, 9.17) is 14.0 Å². The van der Waals surface area contributed by atoms with E-state index in [0.29, 0.717) is 13.2 Å². The van der Waals surface area contributed by atoms with Crippen LogP contribution in [0.15, 0.2) is 16.9 Å². The van der Waals surface area contributed by atoms with Crippen LogP contribution in [0.2, 0.25) is 0 Å². The van der Waals surface area contributed by atoms with Crippen LogP contribution in [0.1, 0.15) is 18.5 Å². The first-order valence-corrected chi connectivity index (χ1v) is 4.89. The summed E-state index contributed by atoms with van der Waals surface area (Å²) in [5.74, 6) is 0. The van der Waals surface area contributed by atoms with Gasteiger partial charge in [0.1, 0.15) is 6.26 Å². The van der Waals surface area contributed by atoms with Crippen molar-refractivity contribution >= 4 is 0 Å². The van der Waals surface area contributed by atoms with E-state index in [2.05, 4.69) is 5.16 Å². The maximum Gasteiger partial charge on any atom is 0.124 e. The van der Waals surface area contributed by atoms with Gasteiger partial charge in [0.2, 0.25) is 0 Å². The fraction of sp³-hybridized carbons (Fsp3) is 0.700. The third-order valence-corrected chi connectivity index (χ3v) is 1.89. The summed E-state index contributed by atoms with van der Waals surface area (Å²) >= 11 is 0. The maximum atomic E-state index is 5.32. The van der Waals surface area contributed by atoms with Gasteiger partial charge in [0, 0.05) is 19.8 Å². The van der Waals surface area contributed by atoms with Gasteiger partial charge in [0.15, 0.2) is 0 Å². The zero-order valence-corrected chi connectivity index (χ0v) is 8.57. The molecule has 1 aromatic rings. The van der Waals surface area contributed by atoms with Crippen LogP contribution in [-0.2, 0) is 15.9 Å². The van der Waals surface area contributed by atoms with E-state index in [1.807, 2.05) is 6.07 Å². The second-order valence-corrected chi connectivity index (χ2v) is 3.05. The number of methoxy groups -OCH3 is 1. The summed E-state index contributed by atoms with van der Waals surface area (Å²) in [4.78, 5) is 0. The Kier molecular flexibility index (Phi) is 6.02. The largest absolute Gasteiger partial charge is 0.382 e. The standard InChI is InChI=1S/C10H17NO3/c1-12-8-9-13-6-3-2-4-10-5-7-14-11-10/h5,7H,2-4,6,8-9H2,1H3. The summed E-state index contributed by atoms with van der Waals surface area (Å²) in [6.07, 6.45) is 4.70. The van der Waals surface area contributed by atoms with Crippen molar-refractivity contribution < 1.29 is 14.0 Å². The van der Waals surface area contributed by atoms with Crippen molar-refractivity contribution in [2.75, 3.05) is 26.9 Å². The van der Waals surface area contributed by atoms with Crippen LogP contribution in [0, 0.1) is 0 Å². The van der Waals surface area contributed by atoms with Crippen LogP contribution in [0.5, 0.6) is 0 Å². The van der Waals surface area contributed by atoms with E-state index >= 15 is 0 Å².